The Morgan fingerprint density at radius 2 is 1.95 bits per heavy atom. The van der Waals surface area contributed by atoms with Gasteiger partial charge < -0.3 is 9.64 Å². The van der Waals surface area contributed by atoms with Gasteiger partial charge in [-0.25, -0.2) is 13.1 Å². The van der Waals surface area contributed by atoms with Gasteiger partial charge in [-0.05, 0) is 44.0 Å². The second kappa shape index (κ2) is 6.44. The first kappa shape index (κ1) is 15.8. The average Bonchev–Trinajstić information content (AvgIpc) is 3.27. The average molecular weight is 312 g/mol. The summed E-state index contributed by atoms with van der Waals surface area (Å²) in [4.78, 5) is 13.4. The van der Waals surface area contributed by atoms with Crippen molar-refractivity contribution in [1.82, 2.24) is 4.72 Å². The quantitative estimate of drug-likeness (QED) is 0.764. The number of nitrogens with one attached hydrogen (secondary N) is 1. The summed E-state index contributed by atoms with van der Waals surface area (Å²) in [6.45, 7) is 2.68. The van der Waals surface area contributed by atoms with Gasteiger partial charge in [0, 0.05) is 18.3 Å². The minimum Gasteiger partial charge on any atom is -0.468 e. The molecule has 0 radical (unpaired) electrons. The van der Waals surface area contributed by atoms with Gasteiger partial charge in [-0.1, -0.05) is 0 Å². The van der Waals surface area contributed by atoms with Crippen molar-refractivity contribution in [2.45, 2.75) is 30.7 Å². The molecule has 21 heavy (non-hydrogen) atoms. The highest BCUT2D eigenvalue weighted by molar-refractivity contribution is 7.89. The maximum atomic E-state index is 12.1. The highest BCUT2D eigenvalue weighted by Gasteiger charge is 2.27. The molecule has 116 valence electrons. The smallest absolute Gasteiger partial charge is 0.325 e. The summed E-state index contributed by atoms with van der Waals surface area (Å²) >= 11 is 0. The summed E-state index contributed by atoms with van der Waals surface area (Å²) in [6, 6.07) is 6.60. The molecule has 0 atom stereocenters. The van der Waals surface area contributed by atoms with Crippen molar-refractivity contribution in [3.05, 3.63) is 24.3 Å². The van der Waals surface area contributed by atoms with E-state index in [0.29, 0.717) is 6.54 Å². The highest BCUT2D eigenvalue weighted by Crippen LogP contribution is 2.23. The van der Waals surface area contributed by atoms with E-state index in [1.54, 1.807) is 24.3 Å². The molecular formula is C14H20N2O4S. The molecule has 0 unspecified atom stereocenters. The zero-order chi connectivity index (χ0) is 15.5. The van der Waals surface area contributed by atoms with Crippen LogP contribution in [0.3, 0.4) is 0 Å². The zero-order valence-corrected chi connectivity index (χ0v) is 13.0. The summed E-state index contributed by atoms with van der Waals surface area (Å²) in [5, 5.41) is 0. The van der Waals surface area contributed by atoms with Crippen molar-refractivity contribution < 1.29 is 17.9 Å². The molecule has 1 N–H and O–H groups in total. The number of hydrogen-bond donors (Lipinski definition) is 1. The van der Waals surface area contributed by atoms with Crippen LogP contribution in [-0.4, -0.2) is 40.6 Å². The Balaban J connectivity index is 2.11. The summed E-state index contributed by atoms with van der Waals surface area (Å²) in [5.74, 6) is -0.330. The number of anilines is 1. The number of carbonyl (C=O) groups is 1. The van der Waals surface area contributed by atoms with Crippen LogP contribution in [0.4, 0.5) is 5.69 Å². The van der Waals surface area contributed by atoms with Crippen LogP contribution >= 0.6 is 0 Å². The lowest BCUT2D eigenvalue weighted by Crippen LogP contribution is -2.30. The zero-order valence-electron chi connectivity index (χ0n) is 12.2. The molecule has 2 rings (SSSR count). The molecule has 0 spiro atoms. The van der Waals surface area contributed by atoms with E-state index in [-0.39, 0.29) is 23.5 Å². The normalized spacial score (nSPS) is 14.8. The van der Waals surface area contributed by atoms with Crippen molar-refractivity contribution in [2.24, 2.45) is 0 Å². The summed E-state index contributed by atoms with van der Waals surface area (Å²) in [5.41, 5.74) is 0.785. The third-order valence-electron chi connectivity index (χ3n) is 3.34. The maximum absolute atomic E-state index is 12.1. The largest absolute Gasteiger partial charge is 0.468 e. The van der Waals surface area contributed by atoms with Gasteiger partial charge in [-0.2, -0.15) is 0 Å². The molecule has 0 heterocycles. The van der Waals surface area contributed by atoms with E-state index in [2.05, 4.69) is 9.46 Å². The molecule has 1 fully saturated rings. The Labute approximate surface area is 125 Å². The Hall–Kier alpha value is -1.60. The van der Waals surface area contributed by atoms with E-state index in [0.717, 1.165) is 18.5 Å². The van der Waals surface area contributed by atoms with Crippen LogP contribution in [0.15, 0.2) is 29.2 Å². The molecule has 0 amide bonds. The number of carbonyl (C=O) groups excluding carboxylic acids is 1. The Morgan fingerprint density at radius 1 is 1.33 bits per heavy atom. The van der Waals surface area contributed by atoms with Gasteiger partial charge in [0.05, 0.1) is 12.0 Å². The fraction of sp³-hybridized carbons (Fsp3) is 0.500. The van der Waals surface area contributed by atoms with Gasteiger partial charge in [0.2, 0.25) is 10.0 Å². The van der Waals surface area contributed by atoms with E-state index in [4.69, 9.17) is 0 Å². The summed E-state index contributed by atoms with van der Waals surface area (Å²) < 4.78 is 31.4. The van der Waals surface area contributed by atoms with Crippen molar-refractivity contribution >= 4 is 21.7 Å². The summed E-state index contributed by atoms with van der Waals surface area (Å²) in [7, 11) is -2.09. The number of hydrogen-bond acceptors (Lipinski definition) is 5. The van der Waals surface area contributed by atoms with E-state index >= 15 is 0 Å². The number of nitrogens with zero attached hydrogens (tertiary/aromatic N) is 1. The molecule has 1 aliphatic rings. The molecular weight excluding hydrogens is 292 g/mol. The number of rotatable bonds is 7. The van der Waals surface area contributed by atoms with Gasteiger partial charge in [-0.3, -0.25) is 4.79 Å². The molecule has 0 saturated heterocycles. The van der Waals surface area contributed by atoms with Crippen molar-refractivity contribution in [1.29, 1.82) is 0 Å². The standard InChI is InChI=1S/C14H20N2O4S/c1-3-16(10-14(17)20-2)12-6-8-13(9-7-12)21(18,19)15-11-4-5-11/h6-9,11,15H,3-5,10H2,1-2H3. The van der Waals surface area contributed by atoms with Crippen molar-refractivity contribution in [3.63, 3.8) is 0 Å². The van der Waals surface area contributed by atoms with Crippen LogP contribution in [0.5, 0.6) is 0 Å². The van der Waals surface area contributed by atoms with Gasteiger partial charge in [0.15, 0.2) is 0 Å². The minimum atomic E-state index is -3.43. The predicted octanol–water partition coefficient (Wildman–Crippen LogP) is 1.13. The lowest BCUT2D eigenvalue weighted by Gasteiger charge is -2.21. The van der Waals surface area contributed by atoms with Crippen LogP contribution in [-0.2, 0) is 19.6 Å². The molecule has 1 aromatic carbocycles. The van der Waals surface area contributed by atoms with Crippen LogP contribution in [0.2, 0.25) is 0 Å². The van der Waals surface area contributed by atoms with Gasteiger partial charge in [0.1, 0.15) is 6.54 Å². The summed E-state index contributed by atoms with van der Waals surface area (Å²) in [6.07, 6.45) is 1.81. The number of esters is 1. The second-order valence-corrected chi connectivity index (χ2v) is 6.69. The van der Waals surface area contributed by atoms with Crippen LogP contribution in [0, 0.1) is 0 Å². The molecule has 1 aliphatic carbocycles. The number of likely N-dealkylation sites (N-methyl/N-ethyl adjacent to an activating group) is 1. The van der Waals surface area contributed by atoms with E-state index in [1.165, 1.54) is 7.11 Å². The Bertz CT molecular complexity index is 594. The van der Waals surface area contributed by atoms with Gasteiger partial charge >= 0.3 is 5.97 Å². The second-order valence-electron chi connectivity index (χ2n) is 4.98. The Morgan fingerprint density at radius 3 is 2.43 bits per heavy atom. The molecule has 0 bridgehead atoms. The number of benzene rings is 1. The minimum absolute atomic E-state index is 0.0844. The van der Waals surface area contributed by atoms with E-state index in [1.807, 2.05) is 11.8 Å². The van der Waals surface area contributed by atoms with Crippen molar-refractivity contribution in [2.75, 3.05) is 25.1 Å². The first-order valence-electron chi connectivity index (χ1n) is 6.90. The Kier molecular flexibility index (Phi) is 4.84. The third-order valence-corrected chi connectivity index (χ3v) is 4.88. The van der Waals surface area contributed by atoms with Crippen LogP contribution in [0.1, 0.15) is 19.8 Å². The lowest BCUT2D eigenvalue weighted by atomic mass is 10.3. The van der Waals surface area contributed by atoms with Gasteiger partial charge in [-0.15, -0.1) is 0 Å². The van der Waals surface area contributed by atoms with E-state index < -0.39 is 10.0 Å². The first-order chi connectivity index (χ1) is 9.96. The van der Waals surface area contributed by atoms with Gasteiger partial charge in [0.25, 0.3) is 0 Å². The molecule has 0 aliphatic heterocycles. The van der Waals surface area contributed by atoms with Crippen LogP contribution in [0.25, 0.3) is 0 Å². The van der Waals surface area contributed by atoms with Crippen LogP contribution < -0.4 is 9.62 Å². The molecule has 1 aromatic rings. The SMILES string of the molecule is CCN(CC(=O)OC)c1ccc(S(=O)(=O)NC2CC2)cc1. The lowest BCUT2D eigenvalue weighted by molar-refractivity contribution is -0.138. The number of methoxy groups -OCH3 is 1. The molecule has 6 nitrogen and oxygen atoms in total. The van der Waals surface area contributed by atoms with E-state index in [9.17, 15) is 13.2 Å². The fourth-order valence-corrected chi connectivity index (χ4v) is 3.24. The number of ether oxygens (including phenoxy) is 1. The topological polar surface area (TPSA) is 75.7 Å². The number of sulfonamides is 1. The monoisotopic (exact) mass is 312 g/mol. The molecule has 0 aromatic heterocycles. The molecule has 7 heteroatoms. The molecule has 1 saturated carbocycles. The maximum Gasteiger partial charge on any atom is 0.325 e. The highest BCUT2D eigenvalue weighted by atomic mass is 32.2. The third kappa shape index (κ3) is 4.18. The van der Waals surface area contributed by atoms with Crippen molar-refractivity contribution in [3.8, 4) is 0 Å². The predicted molar refractivity (Wildman–Crippen MR) is 79.7 cm³/mol. The fourth-order valence-electron chi connectivity index (χ4n) is 1.93. The first-order valence-corrected chi connectivity index (χ1v) is 8.38.